The third-order valence-electron chi connectivity index (χ3n) is 5.27. The molecule has 152 valence electrons. The Morgan fingerprint density at radius 3 is 2.48 bits per heavy atom. The van der Waals surface area contributed by atoms with Crippen LogP contribution >= 0.6 is 0 Å². The first kappa shape index (κ1) is 19.7. The Morgan fingerprint density at radius 1 is 1.00 bits per heavy atom. The maximum atomic E-state index is 13.5. The van der Waals surface area contributed by atoms with Gasteiger partial charge in [-0.2, -0.15) is 13.2 Å². The second-order valence-electron chi connectivity index (χ2n) is 7.52. The first-order valence-electron chi connectivity index (χ1n) is 9.46. The molecule has 1 saturated heterocycles. The lowest BCUT2D eigenvalue weighted by molar-refractivity contribution is -0.138. The van der Waals surface area contributed by atoms with Crippen LogP contribution in [0.15, 0.2) is 60.7 Å². The van der Waals surface area contributed by atoms with E-state index in [-0.39, 0.29) is 36.9 Å². The molecule has 0 radical (unpaired) electrons. The lowest BCUT2D eigenvalue weighted by Crippen LogP contribution is -2.37. The van der Waals surface area contributed by atoms with Crippen LogP contribution in [0.3, 0.4) is 0 Å². The smallest absolute Gasteiger partial charge is 0.416 e. The standard InChI is InChI=1S/C23H21F3O3/c1-15-14-22(27,8-9-28-15)18-11-19(23(24,25)26)13-21(12-18)29-20-7-6-16-4-2-3-5-17(16)10-20/h2-7,10-13,15,27H,8-9,14H2,1H3. The molecule has 3 aromatic carbocycles. The van der Waals surface area contributed by atoms with Gasteiger partial charge in [-0.05, 0) is 53.6 Å². The molecule has 2 atom stereocenters. The highest BCUT2D eigenvalue weighted by molar-refractivity contribution is 5.83. The van der Waals surface area contributed by atoms with Crippen LogP contribution in [0.5, 0.6) is 11.5 Å². The Kier molecular flexibility index (Phi) is 5.00. The molecule has 3 nitrogen and oxygen atoms in total. The summed E-state index contributed by atoms with van der Waals surface area (Å²) in [5.74, 6) is 0.471. The Bertz CT molecular complexity index is 1030. The minimum Gasteiger partial charge on any atom is -0.457 e. The minimum atomic E-state index is -4.55. The van der Waals surface area contributed by atoms with Crippen LogP contribution in [0, 0.1) is 0 Å². The largest absolute Gasteiger partial charge is 0.457 e. The van der Waals surface area contributed by atoms with Crippen LogP contribution in [0.25, 0.3) is 10.8 Å². The van der Waals surface area contributed by atoms with E-state index >= 15 is 0 Å². The van der Waals surface area contributed by atoms with Crippen molar-refractivity contribution in [3.05, 3.63) is 71.8 Å². The van der Waals surface area contributed by atoms with Crippen molar-refractivity contribution in [2.24, 2.45) is 0 Å². The van der Waals surface area contributed by atoms with Gasteiger partial charge in [0.15, 0.2) is 0 Å². The Hall–Kier alpha value is -2.57. The average Bonchev–Trinajstić information content (AvgIpc) is 2.67. The summed E-state index contributed by atoms with van der Waals surface area (Å²) in [6, 6.07) is 16.5. The van der Waals surface area contributed by atoms with Crippen LogP contribution in [-0.4, -0.2) is 17.8 Å². The number of benzene rings is 3. The average molecular weight is 402 g/mol. The second-order valence-corrected chi connectivity index (χ2v) is 7.52. The summed E-state index contributed by atoms with van der Waals surface area (Å²) in [6.45, 7) is 2.08. The maximum absolute atomic E-state index is 13.5. The van der Waals surface area contributed by atoms with Crippen molar-refractivity contribution in [3.63, 3.8) is 0 Å². The van der Waals surface area contributed by atoms with Crippen molar-refractivity contribution in [3.8, 4) is 11.5 Å². The Labute approximate surface area is 166 Å². The molecular formula is C23H21F3O3. The summed E-state index contributed by atoms with van der Waals surface area (Å²) >= 11 is 0. The van der Waals surface area contributed by atoms with Crippen molar-refractivity contribution in [2.75, 3.05) is 6.61 Å². The van der Waals surface area contributed by atoms with Crippen LogP contribution in [-0.2, 0) is 16.5 Å². The quantitative estimate of drug-likeness (QED) is 0.581. The molecule has 3 aromatic rings. The highest BCUT2D eigenvalue weighted by Crippen LogP contribution is 2.41. The number of fused-ring (bicyclic) bond motifs is 1. The van der Waals surface area contributed by atoms with Crippen LogP contribution < -0.4 is 4.74 Å². The molecule has 6 heteroatoms. The monoisotopic (exact) mass is 402 g/mol. The van der Waals surface area contributed by atoms with Gasteiger partial charge in [0.05, 0.1) is 23.9 Å². The summed E-state index contributed by atoms with van der Waals surface area (Å²) in [6.07, 6.45) is -4.34. The van der Waals surface area contributed by atoms with E-state index in [2.05, 4.69) is 0 Å². The highest BCUT2D eigenvalue weighted by Gasteiger charge is 2.38. The number of halogens is 3. The Balaban J connectivity index is 1.73. The molecule has 4 rings (SSSR count). The molecule has 0 amide bonds. The number of alkyl halides is 3. The van der Waals surface area contributed by atoms with E-state index in [1.807, 2.05) is 30.3 Å². The van der Waals surface area contributed by atoms with Gasteiger partial charge in [-0.3, -0.25) is 0 Å². The molecule has 1 aliphatic rings. The zero-order valence-corrected chi connectivity index (χ0v) is 15.9. The third-order valence-corrected chi connectivity index (χ3v) is 5.27. The third kappa shape index (κ3) is 4.23. The van der Waals surface area contributed by atoms with E-state index in [0.29, 0.717) is 5.75 Å². The van der Waals surface area contributed by atoms with Crippen LogP contribution in [0.4, 0.5) is 13.2 Å². The number of hydrogen-bond acceptors (Lipinski definition) is 3. The van der Waals surface area contributed by atoms with E-state index < -0.39 is 17.3 Å². The lowest BCUT2D eigenvalue weighted by atomic mass is 9.83. The molecule has 1 heterocycles. The molecule has 29 heavy (non-hydrogen) atoms. The molecule has 1 aliphatic heterocycles. The topological polar surface area (TPSA) is 38.7 Å². The zero-order valence-electron chi connectivity index (χ0n) is 15.9. The van der Waals surface area contributed by atoms with Gasteiger partial charge in [0, 0.05) is 12.8 Å². The predicted molar refractivity (Wildman–Crippen MR) is 104 cm³/mol. The molecule has 0 saturated carbocycles. The Morgan fingerprint density at radius 2 is 1.76 bits per heavy atom. The second kappa shape index (κ2) is 7.35. The van der Waals surface area contributed by atoms with Gasteiger partial charge in [-0.25, -0.2) is 0 Å². The molecule has 1 N–H and O–H groups in total. The van der Waals surface area contributed by atoms with E-state index in [1.165, 1.54) is 6.07 Å². The van der Waals surface area contributed by atoms with Gasteiger partial charge >= 0.3 is 6.18 Å². The fourth-order valence-electron chi connectivity index (χ4n) is 3.78. The van der Waals surface area contributed by atoms with Crippen molar-refractivity contribution in [1.29, 1.82) is 0 Å². The first-order valence-corrected chi connectivity index (χ1v) is 9.46. The van der Waals surface area contributed by atoms with Gasteiger partial charge in [0.25, 0.3) is 0 Å². The molecule has 0 aromatic heterocycles. The summed E-state index contributed by atoms with van der Waals surface area (Å²) in [7, 11) is 0. The van der Waals surface area contributed by atoms with E-state index in [1.54, 1.807) is 19.1 Å². The first-order chi connectivity index (χ1) is 13.7. The van der Waals surface area contributed by atoms with E-state index in [9.17, 15) is 18.3 Å². The lowest BCUT2D eigenvalue weighted by Gasteiger charge is -2.36. The van der Waals surface area contributed by atoms with Crippen molar-refractivity contribution >= 4 is 10.8 Å². The fourth-order valence-corrected chi connectivity index (χ4v) is 3.78. The van der Waals surface area contributed by atoms with Crippen LogP contribution in [0.1, 0.15) is 30.9 Å². The summed E-state index contributed by atoms with van der Waals surface area (Å²) in [4.78, 5) is 0. The van der Waals surface area contributed by atoms with Crippen molar-refractivity contribution < 1.29 is 27.8 Å². The zero-order chi connectivity index (χ0) is 20.6. The van der Waals surface area contributed by atoms with Gasteiger partial charge in [0.1, 0.15) is 11.5 Å². The summed E-state index contributed by atoms with van der Waals surface area (Å²) in [5.41, 5.74) is -2.04. The van der Waals surface area contributed by atoms with Gasteiger partial charge in [-0.1, -0.05) is 30.3 Å². The molecule has 2 unspecified atom stereocenters. The number of rotatable bonds is 3. The SMILES string of the molecule is CC1CC(O)(c2cc(Oc3ccc4ccccc4c3)cc(C(F)(F)F)c2)CCO1. The number of hydrogen-bond donors (Lipinski definition) is 1. The summed E-state index contributed by atoms with van der Waals surface area (Å²) in [5, 5.41) is 13.0. The predicted octanol–water partition coefficient (Wildman–Crippen LogP) is 6.04. The number of ether oxygens (including phenoxy) is 2. The highest BCUT2D eigenvalue weighted by atomic mass is 19.4. The number of aliphatic hydroxyl groups is 1. The minimum absolute atomic E-state index is 0.0395. The van der Waals surface area contributed by atoms with E-state index in [0.717, 1.165) is 22.9 Å². The molecule has 0 spiro atoms. The van der Waals surface area contributed by atoms with E-state index in [4.69, 9.17) is 9.47 Å². The van der Waals surface area contributed by atoms with Crippen molar-refractivity contribution in [1.82, 2.24) is 0 Å². The fraction of sp³-hybridized carbons (Fsp3) is 0.304. The molecule has 1 fully saturated rings. The van der Waals surface area contributed by atoms with Gasteiger partial charge in [-0.15, -0.1) is 0 Å². The molecule has 0 aliphatic carbocycles. The van der Waals surface area contributed by atoms with Gasteiger partial charge in [0.2, 0.25) is 0 Å². The van der Waals surface area contributed by atoms with Crippen molar-refractivity contribution in [2.45, 2.75) is 37.6 Å². The van der Waals surface area contributed by atoms with Gasteiger partial charge < -0.3 is 14.6 Å². The molecule has 0 bridgehead atoms. The molecular weight excluding hydrogens is 381 g/mol. The normalized spacial score (nSPS) is 22.6. The maximum Gasteiger partial charge on any atom is 0.416 e. The summed E-state index contributed by atoms with van der Waals surface area (Å²) < 4.78 is 51.7. The van der Waals surface area contributed by atoms with Crippen LogP contribution in [0.2, 0.25) is 0 Å².